The highest BCUT2D eigenvalue weighted by Crippen LogP contribution is 2.22. The van der Waals surface area contributed by atoms with Crippen molar-refractivity contribution in [3.8, 4) is 5.75 Å². The Balaban J connectivity index is 1.99. The molecule has 0 aliphatic rings. The van der Waals surface area contributed by atoms with Crippen molar-refractivity contribution in [2.75, 3.05) is 24.6 Å². The molecule has 0 spiro atoms. The van der Waals surface area contributed by atoms with Gasteiger partial charge in [-0.2, -0.15) is 0 Å². The van der Waals surface area contributed by atoms with Crippen molar-refractivity contribution in [1.29, 1.82) is 0 Å². The van der Waals surface area contributed by atoms with E-state index in [-0.39, 0.29) is 6.04 Å². The average molecular weight is 284 g/mol. The zero-order chi connectivity index (χ0) is 15.1. The summed E-state index contributed by atoms with van der Waals surface area (Å²) >= 11 is 0. The Hall–Kier alpha value is -2.00. The molecular formula is C18H24N2O. The van der Waals surface area contributed by atoms with Gasteiger partial charge in [-0.1, -0.05) is 36.4 Å². The molecule has 3 heteroatoms. The van der Waals surface area contributed by atoms with E-state index < -0.39 is 0 Å². The van der Waals surface area contributed by atoms with E-state index in [9.17, 15) is 0 Å². The summed E-state index contributed by atoms with van der Waals surface area (Å²) in [7, 11) is 0. The van der Waals surface area contributed by atoms with Crippen molar-refractivity contribution in [2.45, 2.75) is 19.9 Å². The van der Waals surface area contributed by atoms with Gasteiger partial charge in [-0.3, -0.25) is 0 Å². The van der Waals surface area contributed by atoms with Crippen LogP contribution in [0.4, 0.5) is 5.69 Å². The van der Waals surface area contributed by atoms with Crippen molar-refractivity contribution in [3.05, 3.63) is 60.2 Å². The van der Waals surface area contributed by atoms with Crippen LogP contribution in [0.25, 0.3) is 0 Å². The first kappa shape index (κ1) is 15.4. The summed E-state index contributed by atoms with van der Waals surface area (Å²) in [5.41, 5.74) is 8.44. The molecule has 2 rings (SSSR count). The Morgan fingerprint density at radius 3 is 2.38 bits per heavy atom. The first-order valence-electron chi connectivity index (χ1n) is 7.53. The molecule has 0 heterocycles. The maximum absolute atomic E-state index is 6.16. The van der Waals surface area contributed by atoms with Crippen LogP contribution in [0, 0.1) is 0 Å². The summed E-state index contributed by atoms with van der Waals surface area (Å²) in [5, 5.41) is 0. The molecule has 2 aromatic carbocycles. The van der Waals surface area contributed by atoms with E-state index in [1.54, 1.807) is 0 Å². The minimum Gasteiger partial charge on any atom is -0.492 e. The van der Waals surface area contributed by atoms with E-state index in [0.717, 1.165) is 24.4 Å². The topological polar surface area (TPSA) is 38.5 Å². The summed E-state index contributed by atoms with van der Waals surface area (Å²) in [5.74, 6) is 0.866. The minimum atomic E-state index is -0.108. The number of nitrogens with two attached hydrogens (primary N) is 1. The maximum Gasteiger partial charge on any atom is 0.121 e. The average Bonchev–Trinajstić information content (AvgIpc) is 2.55. The Morgan fingerprint density at radius 1 is 1.00 bits per heavy atom. The predicted molar refractivity (Wildman–Crippen MR) is 88.9 cm³/mol. The molecule has 2 aromatic rings. The lowest BCUT2D eigenvalue weighted by Gasteiger charge is -2.22. The molecule has 0 radical (unpaired) electrons. The van der Waals surface area contributed by atoms with Crippen LogP contribution < -0.4 is 15.4 Å². The van der Waals surface area contributed by atoms with Crippen LogP contribution in [0.2, 0.25) is 0 Å². The number of nitrogens with zero attached hydrogens (tertiary/aromatic N) is 1. The second-order valence-electron chi connectivity index (χ2n) is 5.00. The molecule has 0 fully saturated rings. The van der Waals surface area contributed by atoms with Crippen molar-refractivity contribution in [1.82, 2.24) is 0 Å². The Labute approximate surface area is 127 Å². The zero-order valence-corrected chi connectivity index (χ0v) is 12.8. The van der Waals surface area contributed by atoms with E-state index in [4.69, 9.17) is 10.5 Å². The number of hydrogen-bond acceptors (Lipinski definition) is 3. The molecule has 0 aliphatic carbocycles. The Kier molecular flexibility index (Phi) is 5.64. The smallest absolute Gasteiger partial charge is 0.121 e. The second kappa shape index (κ2) is 7.70. The van der Waals surface area contributed by atoms with Crippen LogP contribution in [0.5, 0.6) is 5.75 Å². The largest absolute Gasteiger partial charge is 0.492 e. The molecule has 0 saturated heterocycles. The monoisotopic (exact) mass is 284 g/mol. The summed E-state index contributed by atoms with van der Waals surface area (Å²) in [6, 6.07) is 18.1. The van der Waals surface area contributed by atoms with Crippen molar-refractivity contribution in [2.24, 2.45) is 5.73 Å². The summed E-state index contributed by atoms with van der Waals surface area (Å²) in [6.45, 7) is 6.77. The van der Waals surface area contributed by atoms with Crippen molar-refractivity contribution in [3.63, 3.8) is 0 Å². The van der Waals surface area contributed by atoms with Crippen LogP contribution in [0.15, 0.2) is 54.6 Å². The quantitative estimate of drug-likeness (QED) is 0.844. The molecule has 21 heavy (non-hydrogen) atoms. The standard InChI is InChI=1S/C18H24N2O/c1-3-20(4-2)16-11-8-12-17(13-16)21-14-18(19)15-9-6-5-7-10-15/h5-13,18H,3-4,14,19H2,1-2H3. The molecule has 2 N–H and O–H groups in total. The number of rotatable bonds is 7. The molecule has 0 aliphatic heterocycles. The molecule has 1 unspecified atom stereocenters. The summed E-state index contributed by atoms with van der Waals surface area (Å²) in [4.78, 5) is 2.30. The van der Waals surface area contributed by atoms with Gasteiger partial charge in [0.15, 0.2) is 0 Å². The normalized spacial score (nSPS) is 12.0. The van der Waals surface area contributed by atoms with Gasteiger partial charge < -0.3 is 15.4 Å². The van der Waals surface area contributed by atoms with Crippen LogP contribution >= 0.6 is 0 Å². The fourth-order valence-electron chi connectivity index (χ4n) is 2.34. The van der Waals surface area contributed by atoms with E-state index in [2.05, 4.69) is 30.9 Å². The summed E-state index contributed by atoms with van der Waals surface area (Å²) < 4.78 is 5.85. The van der Waals surface area contributed by atoms with Gasteiger partial charge >= 0.3 is 0 Å². The first-order chi connectivity index (χ1) is 10.2. The van der Waals surface area contributed by atoms with Crippen LogP contribution in [0.3, 0.4) is 0 Å². The third-order valence-electron chi connectivity index (χ3n) is 3.60. The van der Waals surface area contributed by atoms with Gasteiger partial charge in [-0.05, 0) is 31.5 Å². The summed E-state index contributed by atoms with van der Waals surface area (Å²) in [6.07, 6.45) is 0. The molecule has 112 valence electrons. The van der Waals surface area contributed by atoms with Gasteiger partial charge in [0, 0.05) is 24.8 Å². The van der Waals surface area contributed by atoms with E-state index in [1.807, 2.05) is 42.5 Å². The fourth-order valence-corrected chi connectivity index (χ4v) is 2.34. The van der Waals surface area contributed by atoms with Gasteiger partial charge in [-0.15, -0.1) is 0 Å². The van der Waals surface area contributed by atoms with Crippen molar-refractivity contribution >= 4 is 5.69 Å². The highest BCUT2D eigenvalue weighted by Gasteiger charge is 2.07. The van der Waals surface area contributed by atoms with Gasteiger partial charge in [0.25, 0.3) is 0 Å². The van der Waals surface area contributed by atoms with Gasteiger partial charge in [-0.25, -0.2) is 0 Å². The van der Waals surface area contributed by atoms with Crippen molar-refractivity contribution < 1.29 is 4.74 Å². The number of anilines is 1. The van der Waals surface area contributed by atoms with E-state index >= 15 is 0 Å². The maximum atomic E-state index is 6.16. The van der Waals surface area contributed by atoms with E-state index in [1.165, 1.54) is 5.69 Å². The molecular weight excluding hydrogens is 260 g/mol. The SMILES string of the molecule is CCN(CC)c1cccc(OCC(N)c2ccccc2)c1. The third-order valence-corrected chi connectivity index (χ3v) is 3.60. The second-order valence-corrected chi connectivity index (χ2v) is 5.00. The molecule has 0 aromatic heterocycles. The zero-order valence-electron chi connectivity index (χ0n) is 12.8. The molecule has 0 bridgehead atoms. The lowest BCUT2D eigenvalue weighted by Crippen LogP contribution is -2.22. The van der Waals surface area contributed by atoms with Crippen LogP contribution in [-0.4, -0.2) is 19.7 Å². The van der Waals surface area contributed by atoms with E-state index in [0.29, 0.717) is 6.61 Å². The van der Waals surface area contributed by atoms with Gasteiger partial charge in [0.05, 0.1) is 6.04 Å². The predicted octanol–water partition coefficient (Wildman–Crippen LogP) is 3.61. The van der Waals surface area contributed by atoms with Crippen LogP contribution in [0.1, 0.15) is 25.5 Å². The first-order valence-corrected chi connectivity index (χ1v) is 7.53. The molecule has 0 saturated carbocycles. The van der Waals surface area contributed by atoms with Gasteiger partial charge in [0.1, 0.15) is 12.4 Å². The minimum absolute atomic E-state index is 0.108. The van der Waals surface area contributed by atoms with Gasteiger partial charge in [0.2, 0.25) is 0 Å². The molecule has 0 amide bonds. The highest BCUT2D eigenvalue weighted by molar-refractivity contribution is 5.50. The Morgan fingerprint density at radius 2 is 1.71 bits per heavy atom. The number of benzene rings is 2. The molecule has 1 atom stereocenters. The highest BCUT2D eigenvalue weighted by atomic mass is 16.5. The molecule has 3 nitrogen and oxygen atoms in total. The fraction of sp³-hybridized carbons (Fsp3) is 0.333. The lowest BCUT2D eigenvalue weighted by molar-refractivity contribution is 0.291. The van der Waals surface area contributed by atoms with Crippen LogP contribution in [-0.2, 0) is 0 Å². The number of ether oxygens (including phenoxy) is 1. The number of hydrogen-bond donors (Lipinski definition) is 1. The lowest BCUT2D eigenvalue weighted by atomic mass is 10.1. The Bertz CT molecular complexity index is 538. The third kappa shape index (κ3) is 4.23.